The van der Waals surface area contributed by atoms with Gasteiger partial charge in [0, 0.05) is 4.90 Å². The third-order valence-electron chi connectivity index (χ3n) is 2.63. The summed E-state index contributed by atoms with van der Waals surface area (Å²) in [7, 11) is -1.55. The van der Waals surface area contributed by atoms with Crippen molar-refractivity contribution >= 4 is 34.3 Å². The number of carbonyl (C=O) groups excluding carboxylic acids is 1. The highest BCUT2D eigenvalue weighted by Crippen LogP contribution is 2.15. The second kappa shape index (κ2) is 7.17. The molecule has 2 unspecified atom stereocenters. The summed E-state index contributed by atoms with van der Waals surface area (Å²) < 4.78 is 11.0. The van der Waals surface area contributed by atoms with Crippen molar-refractivity contribution < 1.29 is 9.00 Å². The topological polar surface area (TPSA) is 34.1 Å². The van der Waals surface area contributed by atoms with Crippen LogP contribution in [-0.4, -0.2) is 14.7 Å². The molecule has 2 rings (SSSR count). The summed E-state index contributed by atoms with van der Waals surface area (Å²) >= 11 is 5.98. The molecule has 0 bridgehead atoms. The Balaban J connectivity index is 2.06. The van der Waals surface area contributed by atoms with E-state index in [4.69, 9.17) is 11.6 Å². The van der Waals surface area contributed by atoms with Gasteiger partial charge in [-0.3, -0.25) is 9.00 Å². The summed E-state index contributed by atoms with van der Waals surface area (Å²) in [5.41, 5.74) is 0.898. The summed E-state index contributed by atoms with van der Waals surface area (Å²) in [5, 5.41) is 0. The number of ketones is 1. The van der Waals surface area contributed by atoms with Crippen LogP contribution in [0.4, 0.5) is 0 Å². The van der Waals surface area contributed by atoms with E-state index in [2.05, 4.69) is 0 Å². The van der Waals surface area contributed by atoms with E-state index in [1.807, 2.05) is 36.4 Å². The van der Waals surface area contributed by atoms with Crippen LogP contribution in [0.5, 0.6) is 0 Å². The van der Waals surface area contributed by atoms with Gasteiger partial charge in [-0.05, 0) is 23.8 Å². The molecular formula is C16H13ClO2S. The van der Waals surface area contributed by atoms with Crippen molar-refractivity contribution in [1.29, 1.82) is 0 Å². The number of rotatable bonds is 5. The van der Waals surface area contributed by atoms with Crippen molar-refractivity contribution in [2.24, 2.45) is 0 Å². The lowest BCUT2D eigenvalue weighted by molar-refractivity contribution is -0.112. The minimum Gasteiger partial charge on any atom is -0.292 e. The standard InChI is InChI=1S/C16H13ClO2S/c17-16(20(19)14-9-5-2-6-10-14)15(18)12-11-13-7-3-1-4-8-13/h1-12,16H/b12-11+. The van der Waals surface area contributed by atoms with Crippen molar-refractivity contribution in [3.63, 3.8) is 0 Å². The maximum absolute atomic E-state index is 12.1. The van der Waals surface area contributed by atoms with E-state index >= 15 is 0 Å². The molecule has 2 atom stereocenters. The van der Waals surface area contributed by atoms with E-state index in [1.54, 1.807) is 30.3 Å². The molecule has 0 aliphatic rings. The predicted octanol–water partition coefficient (Wildman–Crippen LogP) is 3.64. The van der Waals surface area contributed by atoms with Gasteiger partial charge in [0.25, 0.3) is 0 Å². The van der Waals surface area contributed by atoms with Crippen molar-refractivity contribution in [1.82, 2.24) is 0 Å². The van der Waals surface area contributed by atoms with Crippen LogP contribution in [0.25, 0.3) is 6.08 Å². The molecule has 0 aliphatic heterocycles. The Morgan fingerprint density at radius 2 is 1.55 bits per heavy atom. The number of allylic oxidation sites excluding steroid dienone is 1. The Morgan fingerprint density at radius 3 is 2.15 bits per heavy atom. The molecule has 4 heteroatoms. The van der Waals surface area contributed by atoms with E-state index in [0.29, 0.717) is 4.90 Å². The van der Waals surface area contributed by atoms with Crippen LogP contribution in [0, 0.1) is 0 Å². The first kappa shape index (κ1) is 14.7. The summed E-state index contributed by atoms with van der Waals surface area (Å²) in [6.45, 7) is 0. The molecule has 0 aromatic heterocycles. The van der Waals surface area contributed by atoms with Gasteiger partial charge in [-0.2, -0.15) is 0 Å². The van der Waals surface area contributed by atoms with Gasteiger partial charge < -0.3 is 0 Å². The highest BCUT2D eigenvalue weighted by Gasteiger charge is 2.21. The molecule has 2 aromatic rings. The van der Waals surface area contributed by atoms with Crippen LogP contribution in [-0.2, 0) is 15.6 Å². The Bertz CT molecular complexity index is 623. The first-order chi connectivity index (χ1) is 9.68. The molecular weight excluding hydrogens is 292 g/mol. The zero-order valence-electron chi connectivity index (χ0n) is 10.6. The maximum Gasteiger partial charge on any atom is 0.186 e. The number of alkyl halides is 1. The van der Waals surface area contributed by atoms with Gasteiger partial charge in [-0.1, -0.05) is 66.2 Å². The van der Waals surface area contributed by atoms with E-state index in [-0.39, 0.29) is 5.78 Å². The maximum atomic E-state index is 12.1. The molecule has 0 amide bonds. The Hall–Kier alpha value is -1.71. The van der Waals surface area contributed by atoms with Gasteiger partial charge >= 0.3 is 0 Å². The minimum absolute atomic E-state index is 0.363. The molecule has 2 nitrogen and oxygen atoms in total. The molecule has 0 radical (unpaired) electrons. The zero-order valence-corrected chi connectivity index (χ0v) is 12.2. The molecule has 0 heterocycles. The quantitative estimate of drug-likeness (QED) is 0.624. The summed E-state index contributed by atoms with van der Waals surface area (Å²) in [4.78, 5) is 12.5. The molecule has 102 valence electrons. The third kappa shape index (κ3) is 3.89. The molecule has 20 heavy (non-hydrogen) atoms. The zero-order chi connectivity index (χ0) is 14.4. The lowest BCUT2D eigenvalue weighted by Gasteiger charge is -2.05. The SMILES string of the molecule is O=C(/C=C/c1ccccc1)C(Cl)S(=O)c1ccccc1. The van der Waals surface area contributed by atoms with Crippen LogP contribution in [0.2, 0.25) is 0 Å². The molecule has 0 spiro atoms. The minimum atomic E-state index is -1.55. The fraction of sp³-hybridized carbons (Fsp3) is 0.0625. The van der Waals surface area contributed by atoms with Crippen molar-refractivity contribution in [3.8, 4) is 0 Å². The van der Waals surface area contributed by atoms with Crippen LogP contribution < -0.4 is 0 Å². The van der Waals surface area contributed by atoms with E-state index in [0.717, 1.165) is 5.56 Å². The van der Waals surface area contributed by atoms with Crippen LogP contribution in [0.15, 0.2) is 71.6 Å². The van der Waals surface area contributed by atoms with Gasteiger partial charge in [0.05, 0.1) is 10.8 Å². The molecule has 0 fully saturated rings. The summed E-state index contributed by atoms with van der Waals surface area (Å²) in [5.74, 6) is -0.363. The number of hydrogen-bond donors (Lipinski definition) is 0. The highest BCUT2D eigenvalue weighted by atomic mass is 35.5. The average Bonchev–Trinajstić information content (AvgIpc) is 2.53. The fourth-order valence-electron chi connectivity index (χ4n) is 1.60. The van der Waals surface area contributed by atoms with Gasteiger partial charge in [-0.25, -0.2) is 0 Å². The van der Waals surface area contributed by atoms with Crippen LogP contribution in [0.1, 0.15) is 5.56 Å². The molecule has 0 saturated heterocycles. The van der Waals surface area contributed by atoms with Gasteiger partial charge in [-0.15, -0.1) is 0 Å². The lowest BCUT2D eigenvalue weighted by Crippen LogP contribution is -2.18. The number of halogens is 1. The van der Waals surface area contributed by atoms with Crippen LogP contribution in [0.3, 0.4) is 0 Å². The highest BCUT2D eigenvalue weighted by molar-refractivity contribution is 7.88. The van der Waals surface area contributed by atoms with E-state index in [9.17, 15) is 9.00 Å². The molecule has 0 saturated carbocycles. The predicted molar refractivity (Wildman–Crippen MR) is 83.0 cm³/mol. The Kier molecular flexibility index (Phi) is 5.27. The Morgan fingerprint density at radius 1 is 1.00 bits per heavy atom. The second-order valence-corrected chi connectivity index (χ2v) is 6.31. The van der Waals surface area contributed by atoms with E-state index < -0.39 is 15.5 Å². The largest absolute Gasteiger partial charge is 0.292 e. The normalized spacial score (nSPS) is 14.1. The second-order valence-electron chi connectivity index (χ2n) is 4.07. The third-order valence-corrected chi connectivity index (χ3v) is 4.67. The number of carbonyl (C=O) groups is 1. The lowest BCUT2D eigenvalue weighted by atomic mass is 10.2. The average molecular weight is 305 g/mol. The van der Waals surface area contributed by atoms with Gasteiger partial charge in [0.15, 0.2) is 10.5 Å². The van der Waals surface area contributed by atoms with Gasteiger partial charge in [0.1, 0.15) is 0 Å². The Labute approximate surface area is 125 Å². The molecule has 0 aliphatic carbocycles. The summed E-state index contributed by atoms with van der Waals surface area (Å²) in [6.07, 6.45) is 3.04. The van der Waals surface area contributed by atoms with Gasteiger partial charge in [0.2, 0.25) is 0 Å². The molecule has 0 N–H and O–H groups in total. The first-order valence-corrected chi connectivity index (χ1v) is 7.70. The van der Waals surface area contributed by atoms with Crippen molar-refractivity contribution in [2.45, 2.75) is 9.60 Å². The summed E-state index contributed by atoms with van der Waals surface area (Å²) in [6, 6.07) is 18.1. The monoisotopic (exact) mass is 304 g/mol. The fourth-order valence-corrected chi connectivity index (χ4v) is 2.93. The number of benzene rings is 2. The van der Waals surface area contributed by atoms with E-state index in [1.165, 1.54) is 6.08 Å². The van der Waals surface area contributed by atoms with Crippen molar-refractivity contribution in [2.75, 3.05) is 0 Å². The molecule has 2 aromatic carbocycles. The smallest absolute Gasteiger partial charge is 0.186 e. The van der Waals surface area contributed by atoms with Crippen LogP contribution >= 0.6 is 11.6 Å². The number of hydrogen-bond acceptors (Lipinski definition) is 2. The van der Waals surface area contributed by atoms with Crippen molar-refractivity contribution in [3.05, 3.63) is 72.3 Å². The first-order valence-electron chi connectivity index (χ1n) is 6.05.